The first-order valence-corrected chi connectivity index (χ1v) is 12.7. The Morgan fingerprint density at radius 1 is 0.969 bits per heavy atom. The predicted molar refractivity (Wildman–Crippen MR) is 128 cm³/mol. The molecule has 1 aliphatic heterocycles. The number of nitrogens with zero attached hydrogens (tertiary/aromatic N) is 2. The summed E-state index contributed by atoms with van der Waals surface area (Å²) in [4.78, 5) is 18.8. The van der Waals surface area contributed by atoms with Gasteiger partial charge in [0, 0.05) is 32.7 Å². The highest BCUT2D eigenvalue weighted by Crippen LogP contribution is 2.71. The van der Waals surface area contributed by atoms with E-state index >= 15 is 0 Å². The van der Waals surface area contributed by atoms with Gasteiger partial charge >= 0.3 is 0 Å². The SMILES string of the molecule is CN(C(=O)C12CC3CC1CC(c1ccccc1)(C3)C2)C1CCN(Cc2ccccc2)CC1. The van der Waals surface area contributed by atoms with Crippen LogP contribution in [0.25, 0.3) is 0 Å². The highest BCUT2D eigenvalue weighted by atomic mass is 16.2. The van der Waals surface area contributed by atoms with Crippen LogP contribution in [-0.2, 0) is 16.8 Å². The van der Waals surface area contributed by atoms with E-state index in [9.17, 15) is 4.79 Å². The molecule has 1 saturated heterocycles. The highest BCUT2D eigenvalue weighted by Gasteiger charge is 2.67. The second-order valence-electron chi connectivity index (χ2n) is 11.3. The van der Waals surface area contributed by atoms with Gasteiger partial charge in [0.2, 0.25) is 5.91 Å². The Bertz CT molecular complexity index is 967. The van der Waals surface area contributed by atoms with Gasteiger partial charge in [-0.05, 0) is 73.3 Å². The molecule has 5 fully saturated rings. The molecule has 4 bridgehead atoms. The van der Waals surface area contributed by atoms with Crippen molar-refractivity contribution in [1.82, 2.24) is 9.80 Å². The van der Waals surface area contributed by atoms with Crippen molar-refractivity contribution < 1.29 is 4.79 Å². The lowest BCUT2D eigenvalue weighted by atomic mass is 9.63. The number of hydrogen-bond donors (Lipinski definition) is 0. The minimum absolute atomic E-state index is 0.0886. The number of piperidine rings is 1. The summed E-state index contributed by atoms with van der Waals surface area (Å²) in [5.74, 6) is 1.81. The molecule has 32 heavy (non-hydrogen) atoms. The molecule has 0 N–H and O–H groups in total. The fourth-order valence-electron chi connectivity index (χ4n) is 8.19. The van der Waals surface area contributed by atoms with Crippen LogP contribution in [0.15, 0.2) is 60.7 Å². The number of amides is 1. The van der Waals surface area contributed by atoms with Gasteiger partial charge in [-0.2, -0.15) is 0 Å². The summed E-state index contributed by atoms with van der Waals surface area (Å²) in [5.41, 5.74) is 3.04. The molecule has 4 aliphatic carbocycles. The Kier molecular flexibility index (Phi) is 4.94. The van der Waals surface area contributed by atoms with Crippen LogP contribution in [0.3, 0.4) is 0 Å². The Labute approximate surface area is 192 Å². The summed E-state index contributed by atoms with van der Waals surface area (Å²) in [5, 5.41) is 0. The first-order chi connectivity index (χ1) is 15.6. The summed E-state index contributed by atoms with van der Waals surface area (Å²) < 4.78 is 0. The van der Waals surface area contributed by atoms with Crippen molar-refractivity contribution in [3.8, 4) is 0 Å². The third-order valence-corrected chi connectivity index (χ3v) is 9.51. The fraction of sp³-hybridized carbons (Fsp3) is 0.552. The molecule has 0 spiro atoms. The van der Waals surface area contributed by atoms with Crippen molar-refractivity contribution >= 4 is 5.91 Å². The third kappa shape index (κ3) is 3.23. The Morgan fingerprint density at radius 2 is 1.66 bits per heavy atom. The van der Waals surface area contributed by atoms with Gasteiger partial charge in [-0.15, -0.1) is 0 Å². The van der Waals surface area contributed by atoms with E-state index in [0.29, 0.717) is 17.9 Å². The summed E-state index contributed by atoms with van der Waals surface area (Å²) >= 11 is 0. The van der Waals surface area contributed by atoms with E-state index in [1.165, 1.54) is 30.4 Å². The van der Waals surface area contributed by atoms with E-state index in [2.05, 4.69) is 77.5 Å². The fourth-order valence-corrected chi connectivity index (χ4v) is 8.19. The minimum atomic E-state index is -0.0886. The first kappa shape index (κ1) is 20.5. The van der Waals surface area contributed by atoms with Gasteiger partial charge in [0.1, 0.15) is 0 Å². The highest BCUT2D eigenvalue weighted by molar-refractivity contribution is 5.85. The number of hydrogen-bond acceptors (Lipinski definition) is 2. The van der Waals surface area contributed by atoms with Gasteiger partial charge in [-0.1, -0.05) is 60.7 Å². The topological polar surface area (TPSA) is 23.6 Å². The maximum atomic E-state index is 14.1. The van der Waals surface area contributed by atoms with Crippen molar-refractivity contribution in [2.24, 2.45) is 17.3 Å². The van der Waals surface area contributed by atoms with Crippen LogP contribution in [0, 0.1) is 17.3 Å². The monoisotopic (exact) mass is 428 g/mol. The predicted octanol–water partition coefficient (Wildman–Crippen LogP) is 5.26. The van der Waals surface area contributed by atoms with E-state index in [-0.39, 0.29) is 10.8 Å². The average Bonchev–Trinajstić information content (AvgIpc) is 3.23. The molecule has 168 valence electrons. The number of benzene rings is 2. The molecular formula is C29H36N2O. The van der Waals surface area contributed by atoms with Gasteiger partial charge in [-0.3, -0.25) is 9.69 Å². The normalized spacial score (nSPS) is 34.2. The van der Waals surface area contributed by atoms with Gasteiger partial charge in [0.25, 0.3) is 0 Å². The molecule has 1 amide bonds. The summed E-state index contributed by atoms with van der Waals surface area (Å²) in [7, 11) is 2.11. The van der Waals surface area contributed by atoms with Crippen molar-refractivity contribution in [3.63, 3.8) is 0 Å². The molecule has 0 radical (unpaired) electrons. The Balaban J connectivity index is 1.14. The van der Waals surface area contributed by atoms with Crippen LogP contribution in [0.2, 0.25) is 0 Å². The zero-order valence-electron chi connectivity index (χ0n) is 19.4. The quantitative estimate of drug-likeness (QED) is 0.649. The molecule has 4 unspecified atom stereocenters. The Hall–Kier alpha value is -2.13. The number of carbonyl (C=O) groups is 1. The Morgan fingerprint density at radius 3 is 2.38 bits per heavy atom. The third-order valence-electron chi connectivity index (χ3n) is 9.51. The lowest BCUT2D eigenvalue weighted by Gasteiger charge is -2.44. The molecule has 4 atom stereocenters. The van der Waals surface area contributed by atoms with Gasteiger partial charge in [0.05, 0.1) is 5.41 Å². The van der Waals surface area contributed by atoms with Crippen molar-refractivity contribution in [3.05, 3.63) is 71.8 Å². The van der Waals surface area contributed by atoms with E-state index in [0.717, 1.165) is 51.2 Å². The molecule has 2 aromatic rings. The summed E-state index contributed by atoms with van der Waals surface area (Å²) in [6.45, 7) is 3.20. The van der Waals surface area contributed by atoms with E-state index in [1.54, 1.807) is 0 Å². The van der Waals surface area contributed by atoms with Crippen LogP contribution in [0.5, 0.6) is 0 Å². The van der Waals surface area contributed by atoms with Gasteiger partial charge < -0.3 is 4.90 Å². The number of carbonyl (C=O) groups excluding carboxylic acids is 1. The van der Waals surface area contributed by atoms with Crippen molar-refractivity contribution in [1.29, 1.82) is 0 Å². The minimum Gasteiger partial charge on any atom is -0.342 e. The largest absolute Gasteiger partial charge is 0.342 e. The first-order valence-electron chi connectivity index (χ1n) is 12.7. The van der Waals surface area contributed by atoms with E-state index in [1.807, 2.05) is 0 Å². The maximum Gasteiger partial charge on any atom is 0.229 e. The lowest BCUT2D eigenvalue weighted by Crippen LogP contribution is -2.51. The second kappa shape index (κ2) is 7.73. The molecule has 7 rings (SSSR count). The van der Waals surface area contributed by atoms with Crippen molar-refractivity contribution in [2.75, 3.05) is 20.1 Å². The van der Waals surface area contributed by atoms with Crippen LogP contribution in [0.4, 0.5) is 0 Å². The van der Waals surface area contributed by atoms with Crippen LogP contribution >= 0.6 is 0 Å². The molecule has 4 saturated carbocycles. The molecular weight excluding hydrogens is 392 g/mol. The molecule has 2 aromatic carbocycles. The second-order valence-corrected chi connectivity index (χ2v) is 11.3. The molecule has 3 heteroatoms. The van der Waals surface area contributed by atoms with Crippen LogP contribution in [-0.4, -0.2) is 41.9 Å². The zero-order valence-corrected chi connectivity index (χ0v) is 19.4. The molecule has 3 nitrogen and oxygen atoms in total. The van der Waals surface area contributed by atoms with Crippen LogP contribution in [0.1, 0.15) is 56.1 Å². The zero-order chi connectivity index (χ0) is 21.8. The standard InChI is InChI=1S/C29H36N2O/c1-30(26-12-14-31(15-13-26)20-22-8-4-2-5-9-22)27(32)29-18-23-16-25(29)19-28(17-23,21-29)24-10-6-3-7-11-24/h2-11,23,25-26H,12-21H2,1H3. The van der Waals surface area contributed by atoms with Crippen molar-refractivity contribution in [2.45, 2.75) is 62.9 Å². The smallest absolute Gasteiger partial charge is 0.229 e. The maximum absolute atomic E-state index is 14.1. The number of likely N-dealkylation sites (tertiary alicyclic amines) is 1. The average molecular weight is 429 g/mol. The van der Waals surface area contributed by atoms with Crippen LogP contribution < -0.4 is 0 Å². The summed E-state index contributed by atoms with van der Waals surface area (Å²) in [6, 6.07) is 22.3. The van der Waals surface area contributed by atoms with Gasteiger partial charge in [0.15, 0.2) is 0 Å². The molecule has 5 aliphatic rings. The van der Waals surface area contributed by atoms with E-state index in [4.69, 9.17) is 0 Å². The lowest BCUT2D eigenvalue weighted by molar-refractivity contribution is -0.146. The van der Waals surface area contributed by atoms with Gasteiger partial charge in [-0.25, -0.2) is 0 Å². The molecule has 0 aromatic heterocycles. The van der Waals surface area contributed by atoms with E-state index < -0.39 is 0 Å². The molecule has 1 heterocycles. The summed E-state index contributed by atoms with van der Waals surface area (Å²) in [6.07, 6.45) is 8.23. The number of rotatable bonds is 5.